The zero-order chi connectivity index (χ0) is 22.3. The zero-order valence-corrected chi connectivity index (χ0v) is 17.8. The van der Waals surface area contributed by atoms with Crippen molar-refractivity contribution < 1.29 is 19.1 Å². The van der Waals surface area contributed by atoms with Gasteiger partial charge in [-0.3, -0.25) is 14.4 Å². The van der Waals surface area contributed by atoms with Crippen molar-refractivity contribution in [2.45, 2.75) is 20.8 Å². The van der Waals surface area contributed by atoms with Crippen LogP contribution in [-0.2, 0) is 0 Å². The molecule has 0 aliphatic carbocycles. The molecule has 6 heteroatoms. The molecule has 0 saturated heterocycles. The maximum atomic E-state index is 13.0. The van der Waals surface area contributed by atoms with Crippen LogP contribution in [0.5, 0.6) is 11.5 Å². The number of hydrogen-bond donors (Lipinski definition) is 1. The minimum Gasteiger partial charge on any atom is -0.457 e. The summed E-state index contributed by atoms with van der Waals surface area (Å²) in [5, 5.41) is 2.52. The van der Waals surface area contributed by atoms with Gasteiger partial charge in [-0.05, 0) is 86.0 Å². The molecule has 3 amide bonds. The Labute approximate surface area is 180 Å². The first-order valence-corrected chi connectivity index (χ1v) is 9.91. The number of nitrogens with one attached hydrogen (secondary N) is 1. The van der Waals surface area contributed by atoms with Crippen molar-refractivity contribution in [2.75, 3.05) is 11.9 Å². The lowest BCUT2D eigenvalue weighted by Gasteiger charge is -2.17. The minimum absolute atomic E-state index is 0.223. The lowest BCUT2D eigenvalue weighted by Crippen LogP contribution is -2.30. The number of nitrogens with zero attached hydrogens (tertiary/aromatic N) is 1. The zero-order valence-electron chi connectivity index (χ0n) is 17.8. The maximum absolute atomic E-state index is 13.0. The number of ether oxygens (including phenoxy) is 1. The summed E-state index contributed by atoms with van der Waals surface area (Å²) in [7, 11) is 1.51. The molecule has 0 aromatic heterocycles. The van der Waals surface area contributed by atoms with Gasteiger partial charge in [0.05, 0.1) is 16.8 Å². The van der Waals surface area contributed by atoms with E-state index >= 15 is 0 Å². The van der Waals surface area contributed by atoms with Gasteiger partial charge >= 0.3 is 0 Å². The van der Waals surface area contributed by atoms with Crippen molar-refractivity contribution in [3.63, 3.8) is 0 Å². The Balaban J connectivity index is 1.63. The van der Waals surface area contributed by atoms with Gasteiger partial charge in [0.1, 0.15) is 11.5 Å². The van der Waals surface area contributed by atoms with Crippen molar-refractivity contribution in [1.82, 2.24) is 5.32 Å². The molecule has 1 aliphatic heterocycles. The number of rotatable bonds is 4. The fourth-order valence-electron chi connectivity index (χ4n) is 3.60. The third-order valence-electron chi connectivity index (χ3n) is 5.50. The Hall–Kier alpha value is -3.93. The van der Waals surface area contributed by atoms with Crippen molar-refractivity contribution in [1.29, 1.82) is 0 Å². The SMILES string of the molecule is CNC(=O)c1ccc2c(c1)C(=O)N(c1ccc(Oc3ccc(C)c(C)c3)cc1C)C2=O. The van der Waals surface area contributed by atoms with Gasteiger partial charge in [-0.1, -0.05) is 6.07 Å². The average Bonchev–Trinajstić information content (AvgIpc) is 3.00. The Morgan fingerprint density at radius 2 is 1.42 bits per heavy atom. The van der Waals surface area contributed by atoms with Crippen LogP contribution in [0, 0.1) is 20.8 Å². The summed E-state index contributed by atoms with van der Waals surface area (Å²) in [5.74, 6) is 0.164. The van der Waals surface area contributed by atoms with Gasteiger partial charge in [-0.25, -0.2) is 4.90 Å². The molecule has 0 bridgehead atoms. The summed E-state index contributed by atoms with van der Waals surface area (Å²) < 4.78 is 5.95. The van der Waals surface area contributed by atoms with Crippen LogP contribution in [0.4, 0.5) is 5.69 Å². The number of amides is 3. The Morgan fingerprint density at radius 3 is 2.06 bits per heavy atom. The molecule has 0 radical (unpaired) electrons. The number of hydrogen-bond acceptors (Lipinski definition) is 4. The van der Waals surface area contributed by atoms with E-state index in [1.807, 2.05) is 39.0 Å². The first-order chi connectivity index (χ1) is 14.8. The fraction of sp³-hybridized carbons (Fsp3) is 0.160. The van der Waals surface area contributed by atoms with Crippen LogP contribution >= 0.6 is 0 Å². The van der Waals surface area contributed by atoms with Gasteiger partial charge in [0.2, 0.25) is 0 Å². The standard InChI is InChI=1S/C25H22N2O4/c1-14-5-7-18(11-15(14)2)31-19-8-10-22(16(3)12-19)27-24(29)20-9-6-17(23(28)26-4)13-21(20)25(27)30/h5-13H,1-4H3,(H,26,28). The predicted molar refractivity (Wildman–Crippen MR) is 118 cm³/mol. The first kappa shape index (κ1) is 20.3. The highest BCUT2D eigenvalue weighted by atomic mass is 16.5. The molecule has 6 nitrogen and oxygen atoms in total. The number of imide groups is 1. The quantitative estimate of drug-likeness (QED) is 0.635. The van der Waals surface area contributed by atoms with Gasteiger partial charge in [-0.2, -0.15) is 0 Å². The summed E-state index contributed by atoms with van der Waals surface area (Å²) in [6.45, 7) is 5.88. The van der Waals surface area contributed by atoms with E-state index in [0.717, 1.165) is 21.8 Å². The summed E-state index contributed by atoms with van der Waals surface area (Å²) >= 11 is 0. The molecule has 1 N–H and O–H groups in total. The number of carbonyl (C=O) groups is 3. The lowest BCUT2D eigenvalue weighted by molar-refractivity contribution is 0.0924. The third kappa shape index (κ3) is 3.57. The number of aryl methyl sites for hydroxylation is 3. The largest absolute Gasteiger partial charge is 0.457 e. The van der Waals surface area contributed by atoms with Crippen LogP contribution in [0.1, 0.15) is 47.8 Å². The monoisotopic (exact) mass is 414 g/mol. The van der Waals surface area contributed by atoms with E-state index in [9.17, 15) is 14.4 Å². The van der Waals surface area contributed by atoms with Gasteiger partial charge in [0.25, 0.3) is 17.7 Å². The van der Waals surface area contributed by atoms with E-state index in [1.54, 1.807) is 24.3 Å². The van der Waals surface area contributed by atoms with E-state index in [4.69, 9.17) is 4.74 Å². The van der Waals surface area contributed by atoms with Gasteiger partial charge in [0, 0.05) is 12.6 Å². The predicted octanol–water partition coefficient (Wildman–Crippen LogP) is 4.56. The van der Waals surface area contributed by atoms with Crippen LogP contribution in [0.3, 0.4) is 0 Å². The smallest absolute Gasteiger partial charge is 0.266 e. The van der Waals surface area contributed by atoms with E-state index in [2.05, 4.69) is 5.32 Å². The van der Waals surface area contributed by atoms with Crippen LogP contribution < -0.4 is 15.0 Å². The van der Waals surface area contributed by atoms with E-state index in [1.165, 1.54) is 24.7 Å². The maximum Gasteiger partial charge on any atom is 0.266 e. The fourth-order valence-corrected chi connectivity index (χ4v) is 3.60. The summed E-state index contributed by atoms with van der Waals surface area (Å²) in [6, 6.07) is 15.6. The molecule has 1 heterocycles. The van der Waals surface area contributed by atoms with Crippen molar-refractivity contribution in [3.8, 4) is 11.5 Å². The molecule has 3 aromatic carbocycles. The molecule has 0 spiro atoms. The Morgan fingerprint density at radius 1 is 0.774 bits per heavy atom. The van der Waals surface area contributed by atoms with Gasteiger partial charge in [0.15, 0.2) is 0 Å². The number of benzene rings is 3. The summed E-state index contributed by atoms with van der Waals surface area (Å²) in [4.78, 5) is 39.0. The highest BCUT2D eigenvalue weighted by Crippen LogP contribution is 2.34. The van der Waals surface area contributed by atoms with Gasteiger partial charge < -0.3 is 10.1 Å². The second-order valence-corrected chi connectivity index (χ2v) is 7.58. The number of fused-ring (bicyclic) bond motifs is 1. The number of anilines is 1. The summed E-state index contributed by atoms with van der Waals surface area (Å²) in [6.07, 6.45) is 0. The second kappa shape index (κ2) is 7.72. The summed E-state index contributed by atoms with van der Waals surface area (Å²) in [5.41, 5.74) is 4.37. The van der Waals surface area contributed by atoms with Crippen molar-refractivity contribution in [3.05, 3.63) is 88.0 Å². The van der Waals surface area contributed by atoms with E-state index in [-0.39, 0.29) is 17.0 Å². The average molecular weight is 414 g/mol. The van der Waals surface area contributed by atoms with Crippen LogP contribution in [0.15, 0.2) is 54.6 Å². The van der Waals surface area contributed by atoms with Crippen molar-refractivity contribution >= 4 is 23.4 Å². The molecule has 0 unspecified atom stereocenters. The highest BCUT2D eigenvalue weighted by molar-refractivity contribution is 6.35. The van der Waals surface area contributed by atoms with E-state index < -0.39 is 11.8 Å². The second-order valence-electron chi connectivity index (χ2n) is 7.58. The molecular formula is C25H22N2O4. The molecule has 3 aromatic rings. The Bertz CT molecular complexity index is 1250. The van der Waals surface area contributed by atoms with Crippen LogP contribution in [0.25, 0.3) is 0 Å². The molecule has 31 heavy (non-hydrogen) atoms. The van der Waals surface area contributed by atoms with Crippen molar-refractivity contribution in [2.24, 2.45) is 0 Å². The molecule has 0 atom stereocenters. The molecule has 156 valence electrons. The van der Waals surface area contributed by atoms with Gasteiger partial charge in [-0.15, -0.1) is 0 Å². The molecule has 0 saturated carbocycles. The highest BCUT2D eigenvalue weighted by Gasteiger charge is 2.37. The molecular weight excluding hydrogens is 392 g/mol. The topological polar surface area (TPSA) is 75.7 Å². The van der Waals surface area contributed by atoms with E-state index in [0.29, 0.717) is 17.0 Å². The minimum atomic E-state index is -0.448. The molecule has 0 fully saturated rings. The third-order valence-corrected chi connectivity index (χ3v) is 5.50. The lowest BCUT2D eigenvalue weighted by atomic mass is 10.1. The number of carbonyl (C=O) groups excluding carboxylic acids is 3. The normalized spacial score (nSPS) is 12.7. The Kier molecular flexibility index (Phi) is 5.07. The first-order valence-electron chi connectivity index (χ1n) is 9.91. The molecule has 4 rings (SSSR count). The van der Waals surface area contributed by atoms with Crippen LogP contribution in [-0.4, -0.2) is 24.8 Å². The molecule has 1 aliphatic rings. The van der Waals surface area contributed by atoms with Crippen LogP contribution in [0.2, 0.25) is 0 Å².